The Morgan fingerprint density at radius 1 is 1.06 bits per heavy atom. The van der Waals surface area contributed by atoms with Crippen LogP contribution < -0.4 is 16.0 Å². The summed E-state index contributed by atoms with van der Waals surface area (Å²) in [6.07, 6.45) is 5.06. The number of fused-ring (bicyclic) bond motifs is 1. The van der Waals surface area contributed by atoms with E-state index < -0.39 is 0 Å². The van der Waals surface area contributed by atoms with E-state index >= 15 is 0 Å². The van der Waals surface area contributed by atoms with Crippen LogP contribution in [0.5, 0.6) is 0 Å². The summed E-state index contributed by atoms with van der Waals surface area (Å²) in [6.45, 7) is 2.97. The van der Waals surface area contributed by atoms with Gasteiger partial charge in [-0.25, -0.2) is 9.97 Å². The fourth-order valence-corrected chi connectivity index (χ4v) is 4.30. The smallest absolute Gasteiger partial charge is 0.277 e. The number of rotatable bonds is 6. The number of aromatic nitrogens is 3. The number of nitrogens with zero attached hydrogens (tertiary/aromatic N) is 4. The number of amides is 3. The molecule has 3 aromatic rings. The van der Waals surface area contributed by atoms with Gasteiger partial charge in [0.05, 0.1) is 18.4 Å². The number of nitrogens with one attached hydrogen (secondary N) is 3. The molecule has 32 heavy (non-hydrogen) atoms. The minimum Gasteiger partial charge on any atom is -0.326 e. The summed E-state index contributed by atoms with van der Waals surface area (Å²) >= 11 is 1.40. The van der Waals surface area contributed by atoms with Gasteiger partial charge in [-0.2, -0.15) is 0 Å². The van der Waals surface area contributed by atoms with Crippen molar-refractivity contribution in [1.82, 2.24) is 19.9 Å². The maximum atomic E-state index is 12.5. The molecule has 3 N–H and O–H groups in total. The minimum absolute atomic E-state index is 0.124. The molecule has 2 aromatic heterocycles. The highest BCUT2D eigenvalue weighted by atomic mass is 32.1. The highest BCUT2D eigenvalue weighted by Gasteiger charge is 2.23. The molecule has 0 fully saturated rings. The first-order chi connectivity index (χ1) is 15.5. The lowest BCUT2D eigenvalue weighted by molar-refractivity contribution is -0.117. The zero-order chi connectivity index (χ0) is 22.5. The summed E-state index contributed by atoms with van der Waals surface area (Å²) in [5.74, 6) is -0.628. The van der Waals surface area contributed by atoms with Crippen LogP contribution in [0.25, 0.3) is 0 Å². The maximum absolute atomic E-state index is 12.5. The van der Waals surface area contributed by atoms with Crippen molar-refractivity contribution in [2.45, 2.75) is 19.9 Å². The van der Waals surface area contributed by atoms with E-state index in [0.29, 0.717) is 36.0 Å². The first-order valence-corrected chi connectivity index (χ1v) is 10.7. The zero-order valence-corrected chi connectivity index (χ0v) is 18.1. The number of carbonyl (C=O) groups is 3. The Kier molecular flexibility index (Phi) is 6.47. The van der Waals surface area contributed by atoms with Gasteiger partial charge in [-0.3, -0.25) is 29.6 Å². The third-order valence-corrected chi connectivity index (χ3v) is 5.68. The van der Waals surface area contributed by atoms with Gasteiger partial charge < -0.3 is 10.6 Å². The van der Waals surface area contributed by atoms with Crippen LogP contribution in [0.1, 0.15) is 28.0 Å². The van der Waals surface area contributed by atoms with Crippen molar-refractivity contribution in [3.05, 3.63) is 59.1 Å². The van der Waals surface area contributed by atoms with Gasteiger partial charge in [0.25, 0.3) is 5.91 Å². The Labute approximate surface area is 188 Å². The van der Waals surface area contributed by atoms with Crippen LogP contribution in [0.3, 0.4) is 0 Å². The average molecular weight is 452 g/mol. The number of benzene rings is 1. The van der Waals surface area contributed by atoms with Gasteiger partial charge in [-0.05, 0) is 24.3 Å². The normalized spacial score (nSPS) is 13.2. The lowest BCUT2D eigenvalue weighted by Gasteiger charge is -2.25. The third kappa shape index (κ3) is 5.50. The number of anilines is 3. The van der Waals surface area contributed by atoms with Crippen molar-refractivity contribution < 1.29 is 14.4 Å². The molecule has 164 valence electrons. The molecule has 3 amide bonds. The molecule has 0 saturated carbocycles. The van der Waals surface area contributed by atoms with E-state index in [1.165, 1.54) is 36.9 Å². The van der Waals surface area contributed by atoms with Gasteiger partial charge in [0.15, 0.2) is 5.13 Å². The summed E-state index contributed by atoms with van der Waals surface area (Å²) in [4.78, 5) is 51.2. The molecule has 1 aliphatic heterocycles. The summed E-state index contributed by atoms with van der Waals surface area (Å²) in [6, 6.07) is 6.95. The number of hydrogen-bond donors (Lipinski definition) is 3. The topological polar surface area (TPSA) is 129 Å². The Morgan fingerprint density at radius 3 is 2.50 bits per heavy atom. The molecular weight excluding hydrogens is 430 g/mol. The van der Waals surface area contributed by atoms with Crippen LogP contribution in [0.15, 0.2) is 42.9 Å². The van der Waals surface area contributed by atoms with Crippen LogP contribution >= 0.6 is 11.3 Å². The first kappa shape index (κ1) is 21.5. The Morgan fingerprint density at radius 2 is 1.81 bits per heavy atom. The molecule has 11 heteroatoms. The molecule has 10 nitrogen and oxygen atoms in total. The van der Waals surface area contributed by atoms with E-state index in [-0.39, 0.29) is 30.0 Å². The Hall–Kier alpha value is -3.70. The predicted molar refractivity (Wildman–Crippen MR) is 120 cm³/mol. The van der Waals surface area contributed by atoms with Crippen LogP contribution in [0, 0.1) is 0 Å². The quantitative estimate of drug-likeness (QED) is 0.524. The maximum Gasteiger partial charge on any atom is 0.277 e. The standard InChI is InChI=1S/C21H21N7O3S/c1-13(29)24-14-2-4-15(5-3-14)25-19(30)12-28-9-6-16-18(11-28)32-21(26-16)27-20(31)17-10-22-7-8-23-17/h2-5,7-8,10H,6,9,11-12H2,1H3,(H,24,29)(H,25,30)(H,26,27,31). The highest BCUT2D eigenvalue weighted by molar-refractivity contribution is 7.15. The average Bonchev–Trinajstić information content (AvgIpc) is 3.17. The molecule has 0 radical (unpaired) electrons. The lowest BCUT2D eigenvalue weighted by Crippen LogP contribution is -2.36. The van der Waals surface area contributed by atoms with Gasteiger partial charge in [-0.1, -0.05) is 0 Å². The summed E-state index contributed by atoms with van der Waals surface area (Å²) in [5, 5.41) is 8.83. The first-order valence-electron chi connectivity index (χ1n) is 9.92. The second-order valence-corrected chi connectivity index (χ2v) is 8.28. The number of hydrogen-bond acceptors (Lipinski definition) is 8. The second-order valence-electron chi connectivity index (χ2n) is 7.20. The van der Waals surface area contributed by atoms with Crippen LogP contribution in [0.2, 0.25) is 0 Å². The van der Waals surface area contributed by atoms with E-state index in [9.17, 15) is 14.4 Å². The molecule has 0 saturated heterocycles. The van der Waals surface area contributed by atoms with E-state index in [0.717, 1.165) is 10.6 Å². The summed E-state index contributed by atoms with van der Waals surface area (Å²) < 4.78 is 0. The van der Waals surface area contributed by atoms with E-state index in [1.807, 2.05) is 4.90 Å². The number of thiazole rings is 1. The minimum atomic E-state index is -0.357. The Balaban J connectivity index is 1.31. The molecule has 1 aliphatic rings. The molecule has 3 heterocycles. The predicted octanol–water partition coefficient (Wildman–Crippen LogP) is 2.14. The highest BCUT2D eigenvalue weighted by Crippen LogP contribution is 2.28. The van der Waals surface area contributed by atoms with Crippen LogP contribution in [0.4, 0.5) is 16.5 Å². The molecule has 0 aliphatic carbocycles. The summed E-state index contributed by atoms with van der Waals surface area (Å²) in [5.41, 5.74) is 2.50. The SMILES string of the molecule is CC(=O)Nc1ccc(NC(=O)CN2CCc3nc(NC(=O)c4cnccn4)sc3C2)cc1. The molecule has 0 spiro atoms. The molecular formula is C21H21N7O3S. The van der Waals surface area contributed by atoms with E-state index in [1.54, 1.807) is 24.3 Å². The number of carbonyl (C=O) groups excluding carboxylic acids is 3. The molecule has 0 bridgehead atoms. The molecule has 0 atom stereocenters. The van der Waals surface area contributed by atoms with Gasteiger partial charge in [-0.15, -0.1) is 11.3 Å². The monoisotopic (exact) mass is 451 g/mol. The zero-order valence-electron chi connectivity index (χ0n) is 17.3. The van der Waals surface area contributed by atoms with Gasteiger partial charge in [0.2, 0.25) is 11.8 Å². The van der Waals surface area contributed by atoms with Crippen molar-refractivity contribution >= 4 is 45.6 Å². The van der Waals surface area contributed by atoms with E-state index in [4.69, 9.17) is 0 Å². The van der Waals surface area contributed by atoms with Gasteiger partial charge in [0.1, 0.15) is 5.69 Å². The van der Waals surface area contributed by atoms with Crippen LogP contribution in [-0.4, -0.2) is 50.7 Å². The Bertz CT molecular complexity index is 1130. The summed E-state index contributed by atoms with van der Waals surface area (Å²) in [7, 11) is 0. The van der Waals surface area contributed by atoms with Gasteiger partial charge >= 0.3 is 0 Å². The molecule has 0 unspecified atom stereocenters. The van der Waals surface area contributed by atoms with Gasteiger partial charge in [0, 0.05) is 55.1 Å². The fraction of sp³-hybridized carbons (Fsp3) is 0.238. The molecule has 4 rings (SSSR count). The fourth-order valence-electron chi connectivity index (χ4n) is 3.26. The second kappa shape index (κ2) is 9.62. The third-order valence-electron chi connectivity index (χ3n) is 4.68. The van der Waals surface area contributed by atoms with Crippen molar-refractivity contribution in [2.24, 2.45) is 0 Å². The van der Waals surface area contributed by atoms with Crippen molar-refractivity contribution in [1.29, 1.82) is 0 Å². The molecule has 1 aromatic carbocycles. The lowest BCUT2D eigenvalue weighted by atomic mass is 10.2. The van der Waals surface area contributed by atoms with Crippen molar-refractivity contribution in [3.8, 4) is 0 Å². The van der Waals surface area contributed by atoms with Crippen molar-refractivity contribution in [3.63, 3.8) is 0 Å². The van der Waals surface area contributed by atoms with Crippen LogP contribution in [-0.2, 0) is 22.6 Å². The largest absolute Gasteiger partial charge is 0.326 e. The van der Waals surface area contributed by atoms with Crippen molar-refractivity contribution in [2.75, 3.05) is 29.0 Å². The van der Waals surface area contributed by atoms with E-state index in [2.05, 4.69) is 30.9 Å².